The highest BCUT2D eigenvalue weighted by Crippen LogP contribution is 2.22. The van der Waals surface area contributed by atoms with Gasteiger partial charge in [-0.15, -0.1) is 0 Å². The van der Waals surface area contributed by atoms with Gasteiger partial charge in [-0.3, -0.25) is 14.5 Å². The van der Waals surface area contributed by atoms with Gasteiger partial charge in [0.2, 0.25) is 11.8 Å². The lowest BCUT2D eigenvalue weighted by Crippen LogP contribution is -2.46. The minimum Gasteiger partial charge on any atom is -0.465 e. The Morgan fingerprint density at radius 2 is 1.80 bits per heavy atom. The van der Waals surface area contributed by atoms with Crippen LogP contribution in [0.5, 0.6) is 0 Å². The van der Waals surface area contributed by atoms with E-state index < -0.39 is 5.97 Å². The van der Waals surface area contributed by atoms with Gasteiger partial charge in [0.1, 0.15) is 0 Å². The van der Waals surface area contributed by atoms with Crippen LogP contribution in [0.25, 0.3) is 0 Å². The third-order valence-corrected chi connectivity index (χ3v) is 5.32. The highest BCUT2D eigenvalue weighted by Gasteiger charge is 2.28. The molecule has 0 radical (unpaired) electrons. The fraction of sp³-hybridized carbons (Fsp3) is 0.348. The molecule has 7 nitrogen and oxygen atoms in total. The number of ether oxygens (including phenoxy) is 1. The number of carbonyl (C=O) groups excluding carboxylic acids is 3. The van der Waals surface area contributed by atoms with Gasteiger partial charge in [-0.05, 0) is 43.7 Å². The molecule has 2 amide bonds. The van der Waals surface area contributed by atoms with E-state index in [1.165, 1.54) is 12.0 Å². The van der Waals surface area contributed by atoms with Crippen molar-refractivity contribution in [3.8, 4) is 0 Å². The highest BCUT2D eigenvalue weighted by atomic mass is 16.5. The van der Waals surface area contributed by atoms with Crippen molar-refractivity contribution >= 4 is 29.2 Å². The molecular weight excluding hydrogens is 382 g/mol. The average molecular weight is 409 g/mol. The zero-order chi connectivity index (χ0) is 21.5. The zero-order valence-electron chi connectivity index (χ0n) is 17.3. The molecule has 0 aromatic heterocycles. The summed E-state index contributed by atoms with van der Waals surface area (Å²) in [4.78, 5) is 41.0. The minimum absolute atomic E-state index is 0.0252. The zero-order valence-corrected chi connectivity index (χ0v) is 17.3. The van der Waals surface area contributed by atoms with Crippen molar-refractivity contribution in [3.63, 3.8) is 0 Å². The van der Waals surface area contributed by atoms with Crippen molar-refractivity contribution in [2.24, 2.45) is 5.92 Å². The molecule has 0 spiro atoms. The summed E-state index contributed by atoms with van der Waals surface area (Å²) < 4.78 is 4.81. The van der Waals surface area contributed by atoms with Gasteiger partial charge in [0, 0.05) is 19.3 Å². The maximum Gasteiger partial charge on any atom is 0.339 e. The van der Waals surface area contributed by atoms with Gasteiger partial charge in [0.15, 0.2) is 0 Å². The maximum absolute atomic E-state index is 12.9. The number of piperidine rings is 1. The first-order valence-electron chi connectivity index (χ1n) is 10.0. The quantitative estimate of drug-likeness (QED) is 0.743. The summed E-state index contributed by atoms with van der Waals surface area (Å²) >= 11 is 0. The van der Waals surface area contributed by atoms with Crippen molar-refractivity contribution in [2.45, 2.75) is 12.8 Å². The van der Waals surface area contributed by atoms with Crippen molar-refractivity contribution in [1.82, 2.24) is 4.90 Å². The number of rotatable bonds is 6. The van der Waals surface area contributed by atoms with Crippen LogP contribution in [0.15, 0.2) is 54.6 Å². The number of methoxy groups -OCH3 is 1. The number of benzene rings is 2. The summed E-state index contributed by atoms with van der Waals surface area (Å²) in [5.74, 6) is -0.821. The summed E-state index contributed by atoms with van der Waals surface area (Å²) in [6.07, 6.45) is 1.65. The molecule has 0 saturated carbocycles. The molecule has 3 rings (SSSR count). The predicted octanol–water partition coefficient (Wildman–Crippen LogP) is 2.79. The molecule has 1 aliphatic rings. The molecule has 1 atom stereocenters. The molecule has 1 fully saturated rings. The summed E-state index contributed by atoms with van der Waals surface area (Å²) in [6.45, 7) is 1.46. The van der Waals surface area contributed by atoms with Gasteiger partial charge >= 0.3 is 5.97 Å². The van der Waals surface area contributed by atoms with E-state index in [0.717, 1.165) is 25.1 Å². The van der Waals surface area contributed by atoms with E-state index in [1.54, 1.807) is 31.3 Å². The van der Waals surface area contributed by atoms with Crippen LogP contribution in [-0.2, 0) is 14.3 Å². The fourth-order valence-electron chi connectivity index (χ4n) is 3.66. The van der Waals surface area contributed by atoms with Crippen LogP contribution < -0.4 is 10.2 Å². The van der Waals surface area contributed by atoms with Crippen molar-refractivity contribution in [3.05, 3.63) is 60.2 Å². The van der Waals surface area contributed by atoms with Gasteiger partial charge in [-0.2, -0.15) is 0 Å². The molecule has 2 aromatic rings. The van der Waals surface area contributed by atoms with E-state index >= 15 is 0 Å². The molecule has 0 aliphatic carbocycles. The molecule has 30 heavy (non-hydrogen) atoms. The van der Waals surface area contributed by atoms with Crippen LogP contribution in [0.4, 0.5) is 11.4 Å². The summed E-state index contributed by atoms with van der Waals surface area (Å²) in [5, 5.41) is 2.95. The number of hydrogen-bond acceptors (Lipinski definition) is 5. The Kier molecular flexibility index (Phi) is 7.19. The molecule has 0 unspecified atom stereocenters. The standard InChI is InChI=1S/C23H27N3O4/c1-25(20-13-7-6-12-19(20)23(29)30-2)21(27)16-26-14-8-9-17(15-26)22(28)24-18-10-4-3-5-11-18/h3-7,10-13,17H,8-9,14-16H2,1-2H3,(H,24,28)/t17-/m0/s1. The number of likely N-dealkylation sites (tertiary alicyclic amines) is 1. The van der Waals surface area contributed by atoms with Crippen LogP contribution in [0.1, 0.15) is 23.2 Å². The predicted molar refractivity (Wildman–Crippen MR) is 115 cm³/mol. The normalized spacial score (nSPS) is 16.5. The number of nitrogens with one attached hydrogen (secondary N) is 1. The maximum atomic E-state index is 12.9. The Hall–Kier alpha value is -3.19. The lowest BCUT2D eigenvalue weighted by molar-refractivity contribution is -0.124. The Morgan fingerprint density at radius 1 is 1.10 bits per heavy atom. The molecule has 1 saturated heterocycles. The fourth-order valence-corrected chi connectivity index (χ4v) is 3.66. The van der Waals surface area contributed by atoms with E-state index in [9.17, 15) is 14.4 Å². The lowest BCUT2D eigenvalue weighted by atomic mass is 9.97. The SMILES string of the molecule is COC(=O)c1ccccc1N(C)C(=O)CN1CCC[C@H](C(=O)Nc2ccccc2)C1. The molecule has 1 heterocycles. The van der Waals surface area contributed by atoms with Crippen LogP contribution in [0.2, 0.25) is 0 Å². The summed E-state index contributed by atoms with van der Waals surface area (Å²) in [6, 6.07) is 16.2. The Bertz CT molecular complexity index is 900. The number of carbonyl (C=O) groups is 3. The number of nitrogens with zero attached hydrogens (tertiary/aromatic N) is 2. The van der Waals surface area contributed by atoms with Gasteiger partial charge in [-0.25, -0.2) is 4.79 Å². The molecule has 2 aromatic carbocycles. The molecule has 1 aliphatic heterocycles. The van der Waals surface area contributed by atoms with E-state index in [0.29, 0.717) is 17.8 Å². The van der Waals surface area contributed by atoms with Crippen molar-refractivity contribution < 1.29 is 19.1 Å². The Morgan fingerprint density at radius 3 is 2.53 bits per heavy atom. The highest BCUT2D eigenvalue weighted by molar-refractivity contribution is 6.03. The second-order valence-corrected chi connectivity index (χ2v) is 7.39. The third kappa shape index (κ3) is 5.24. The molecule has 158 valence electrons. The lowest BCUT2D eigenvalue weighted by Gasteiger charge is -2.32. The van der Waals surface area contributed by atoms with Crippen molar-refractivity contribution in [1.29, 1.82) is 0 Å². The van der Waals surface area contributed by atoms with Gasteiger partial charge in [0.05, 0.1) is 30.8 Å². The Balaban J connectivity index is 1.61. The average Bonchev–Trinajstić information content (AvgIpc) is 2.78. The van der Waals surface area contributed by atoms with Crippen molar-refractivity contribution in [2.75, 3.05) is 44.0 Å². The van der Waals surface area contributed by atoms with Gasteiger partial charge in [-0.1, -0.05) is 30.3 Å². The van der Waals surface area contributed by atoms with Gasteiger partial charge < -0.3 is 15.0 Å². The molecule has 0 bridgehead atoms. The monoisotopic (exact) mass is 409 g/mol. The second kappa shape index (κ2) is 10.0. The number of anilines is 2. The topological polar surface area (TPSA) is 79.0 Å². The van der Waals surface area contributed by atoms with E-state index in [2.05, 4.69) is 5.32 Å². The van der Waals surface area contributed by atoms with Gasteiger partial charge in [0.25, 0.3) is 0 Å². The summed E-state index contributed by atoms with van der Waals surface area (Å²) in [7, 11) is 2.96. The number of amides is 2. The minimum atomic E-state index is -0.485. The second-order valence-electron chi connectivity index (χ2n) is 7.39. The summed E-state index contributed by atoms with van der Waals surface area (Å²) in [5.41, 5.74) is 1.62. The van der Waals surface area contributed by atoms with Crippen LogP contribution >= 0.6 is 0 Å². The first-order valence-corrected chi connectivity index (χ1v) is 10.0. The molecule has 7 heteroatoms. The van der Waals surface area contributed by atoms with Crippen LogP contribution in [-0.4, -0.2) is 56.5 Å². The number of para-hydroxylation sites is 2. The third-order valence-electron chi connectivity index (χ3n) is 5.32. The van der Waals surface area contributed by atoms with E-state index in [4.69, 9.17) is 4.74 Å². The first kappa shape index (κ1) is 21.5. The Labute approximate surface area is 176 Å². The molecule has 1 N–H and O–H groups in total. The smallest absolute Gasteiger partial charge is 0.339 e. The first-order chi connectivity index (χ1) is 14.5. The number of likely N-dealkylation sites (N-methyl/N-ethyl adjacent to an activating group) is 1. The number of esters is 1. The van der Waals surface area contributed by atoms with E-state index in [1.807, 2.05) is 35.2 Å². The van der Waals surface area contributed by atoms with Crippen LogP contribution in [0.3, 0.4) is 0 Å². The molecular formula is C23H27N3O4. The van der Waals surface area contributed by atoms with Crippen LogP contribution in [0, 0.1) is 5.92 Å². The number of hydrogen-bond donors (Lipinski definition) is 1. The largest absolute Gasteiger partial charge is 0.465 e. The van der Waals surface area contributed by atoms with E-state index in [-0.39, 0.29) is 24.3 Å².